The Morgan fingerprint density at radius 3 is 3.06 bits per heavy atom. The molecule has 0 bridgehead atoms. The van der Waals surface area contributed by atoms with Gasteiger partial charge in [0.15, 0.2) is 5.65 Å². The van der Waals surface area contributed by atoms with Gasteiger partial charge in [-0.3, -0.25) is 9.20 Å². The number of carboxylic acids is 1. The summed E-state index contributed by atoms with van der Waals surface area (Å²) >= 11 is 0. The number of aromatic nitrogens is 3. The summed E-state index contributed by atoms with van der Waals surface area (Å²) in [7, 11) is 1.58. The molecule has 0 unspecified atom stereocenters. The maximum Gasteiger partial charge on any atom is 0.303 e. The maximum atomic E-state index is 10.5. The molecule has 0 aliphatic carbocycles. The predicted octanol–water partition coefficient (Wildman–Crippen LogP) is 0.755. The molecule has 0 atom stereocenters. The normalized spacial score (nSPS) is 10.6. The van der Waals surface area contributed by atoms with Crippen molar-refractivity contribution in [1.82, 2.24) is 14.6 Å². The Morgan fingerprint density at radius 1 is 1.56 bits per heavy atom. The summed E-state index contributed by atoms with van der Waals surface area (Å²) in [6, 6.07) is 3.53. The van der Waals surface area contributed by atoms with Crippen LogP contribution < -0.4 is 4.74 Å². The summed E-state index contributed by atoms with van der Waals surface area (Å²) < 4.78 is 6.81. The van der Waals surface area contributed by atoms with Crippen LogP contribution in [-0.4, -0.2) is 32.8 Å². The van der Waals surface area contributed by atoms with Crippen molar-refractivity contribution in [1.29, 1.82) is 0 Å². The number of carbonyl (C=O) groups is 1. The Morgan fingerprint density at radius 2 is 2.38 bits per heavy atom. The number of hydrogen-bond acceptors (Lipinski definition) is 4. The van der Waals surface area contributed by atoms with Crippen LogP contribution in [0.25, 0.3) is 5.65 Å². The van der Waals surface area contributed by atoms with Gasteiger partial charge in [-0.05, 0) is 6.07 Å². The number of ether oxygens (including phenoxy) is 1. The maximum absolute atomic E-state index is 10.5. The summed E-state index contributed by atoms with van der Waals surface area (Å²) in [6.45, 7) is 0. The zero-order valence-corrected chi connectivity index (χ0v) is 8.75. The highest BCUT2D eigenvalue weighted by atomic mass is 16.5. The SMILES string of the molecule is COc1ccn2c(CCC(=O)O)nnc2c1. The number of nitrogens with zero attached hydrogens (tertiary/aromatic N) is 3. The van der Waals surface area contributed by atoms with E-state index in [4.69, 9.17) is 9.84 Å². The monoisotopic (exact) mass is 221 g/mol. The Hall–Kier alpha value is -2.11. The molecule has 6 heteroatoms. The van der Waals surface area contributed by atoms with Gasteiger partial charge in [0.2, 0.25) is 0 Å². The van der Waals surface area contributed by atoms with E-state index >= 15 is 0 Å². The first-order chi connectivity index (χ1) is 7.70. The predicted molar refractivity (Wildman–Crippen MR) is 55.5 cm³/mol. The van der Waals surface area contributed by atoms with E-state index in [0.717, 1.165) is 0 Å². The highest BCUT2D eigenvalue weighted by Gasteiger charge is 2.07. The van der Waals surface area contributed by atoms with Gasteiger partial charge in [0, 0.05) is 18.7 Å². The second-order valence-corrected chi connectivity index (χ2v) is 3.30. The first kappa shape index (κ1) is 10.4. The molecule has 2 rings (SSSR count). The van der Waals surface area contributed by atoms with E-state index < -0.39 is 5.97 Å². The van der Waals surface area contributed by atoms with Crippen LogP contribution in [0, 0.1) is 0 Å². The molecule has 16 heavy (non-hydrogen) atoms. The molecule has 2 aromatic heterocycles. The summed E-state index contributed by atoms with van der Waals surface area (Å²) in [4.78, 5) is 10.5. The molecular weight excluding hydrogens is 210 g/mol. The average Bonchev–Trinajstić information content (AvgIpc) is 2.68. The average molecular weight is 221 g/mol. The molecule has 0 radical (unpaired) electrons. The van der Waals surface area contributed by atoms with Crippen molar-refractivity contribution in [3.63, 3.8) is 0 Å². The minimum absolute atomic E-state index is 0.0484. The van der Waals surface area contributed by atoms with Crippen LogP contribution in [0.15, 0.2) is 18.3 Å². The number of methoxy groups -OCH3 is 1. The lowest BCUT2D eigenvalue weighted by Crippen LogP contribution is -2.01. The third kappa shape index (κ3) is 1.95. The molecule has 0 amide bonds. The molecule has 2 heterocycles. The summed E-state index contributed by atoms with van der Waals surface area (Å²) in [5.41, 5.74) is 0.653. The highest BCUT2D eigenvalue weighted by Crippen LogP contribution is 2.14. The zero-order chi connectivity index (χ0) is 11.5. The lowest BCUT2D eigenvalue weighted by atomic mass is 10.3. The number of carboxylic acid groups (broad SMARTS) is 1. The minimum Gasteiger partial charge on any atom is -0.497 e. The molecule has 0 spiro atoms. The minimum atomic E-state index is -0.842. The standard InChI is InChI=1S/C10H11N3O3/c1-16-7-4-5-13-8(2-3-10(14)15)11-12-9(13)6-7/h4-6H,2-3H2,1H3,(H,14,15). The molecule has 1 N–H and O–H groups in total. The molecule has 2 aromatic rings. The van der Waals surface area contributed by atoms with Crippen LogP contribution in [0.1, 0.15) is 12.2 Å². The van der Waals surface area contributed by atoms with Gasteiger partial charge >= 0.3 is 5.97 Å². The highest BCUT2D eigenvalue weighted by molar-refractivity contribution is 5.66. The van der Waals surface area contributed by atoms with E-state index in [1.54, 1.807) is 29.8 Å². The van der Waals surface area contributed by atoms with Crippen LogP contribution >= 0.6 is 0 Å². The fourth-order valence-electron chi connectivity index (χ4n) is 1.44. The Balaban J connectivity index is 2.30. The van der Waals surface area contributed by atoms with Crippen LogP contribution in [0.5, 0.6) is 5.75 Å². The Bertz CT molecular complexity index is 521. The smallest absolute Gasteiger partial charge is 0.303 e. The molecule has 0 aliphatic rings. The van der Waals surface area contributed by atoms with Gasteiger partial charge < -0.3 is 9.84 Å². The quantitative estimate of drug-likeness (QED) is 0.824. The van der Waals surface area contributed by atoms with Gasteiger partial charge in [0.05, 0.1) is 13.5 Å². The topological polar surface area (TPSA) is 76.7 Å². The fourth-order valence-corrected chi connectivity index (χ4v) is 1.44. The van der Waals surface area contributed by atoms with E-state index in [-0.39, 0.29) is 6.42 Å². The number of aryl methyl sites for hydroxylation is 1. The van der Waals surface area contributed by atoms with Gasteiger partial charge in [-0.1, -0.05) is 0 Å². The van der Waals surface area contributed by atoms with Crippen molar-refractivity contribution in [2.75, 3.05) is 7.11 Å². The first-order valence-corrected chi connectivity index (χ1v) is 4.80. The molecule has 84 valence electrons. The van der Waals surface area contributed by atoms with Crippen molar-refractivity contribution < 1.29 is 14.6 Å². The lowest BCUT2D eigenvalue weighted by Gasteiger charge is -2.00. The van der Waals surface area contributed by atoms with Gasteiger partial charge in [0.1, 0.15) is 11.6 Å². The Labute approximate surface area is 91.5 Å². The fraction of sp³-hybridized carbons (Fsp3) is 0.300. The van der Waals surface area contributed by atoms with Crippen molar-refractivity contribution in [3.8, 4) is 5.75 Å². The third-order valence-electron chi connectivity index (χ3n) is 2.25. The molecule has 0 saturated heterocycles. The van der Waals surface area contributed by atoms with Crippen molar-refractivity contribution in [2.24, 2.45) is 0 Å². The van der Waals surface area contributed by atoms with E-state index in [0.29, 0.717) is 23.6 Å². The number of fused-ring (bicyclic) bond motifs is 1. The summed E-state index contributed by atoms with van der Waals surface area (Å²) in [6.07, 6.45) is 2.18. The van der Waals surface area contributed by atoms with Crippen LogP contribution in [0.3, 0.4) is 0 Å². The van der Waals surface area contributed by atoms with Crippen molar-refractivity contribution >= 4 is 11.6 Å². The molecular formula is C10H11N3O3. The third-order valence-corrected chi connectivity index (χ3v) is 2.25. The van der Waals surface area contributed by atoms with E-state index in [1.807, 2.05) is 0 Å². The van der Waals surface area contributed by atoms with Gasteiger partial charge in [-0.25, -0.2) is 0 Å². The summed E-state index contributed by atoms with van der Waals surface area (Å²) in [5, 5.41) is 16.5. The number of hydrogen-bond donors (Lipinski definition) is 1. The molecule has 0 saturated carbocycles. The zero-order valence-electron chi connectivity index (χ0n) is 8.75. The van der Waals surface area contributed by atoms with Crippen LogP contribution in [-0.2, 0) is 11.2 Å². The van der Waals surface area contributed by atoms with Gasteiger partial charge in [0.25, 0.3) is 0 Å². The Kier molecular flexibility index (Phi) is 2.72. The lowest BCUT2D eigenvalue weighted by molar-refractivity contribution is -0.137. The van der Waals surface area contributed by atoms with E-state index in [9.17, 15) is 4.79 Å². The van der Waals surface area contributed by atoms with Gasteiger partial charge in [-0.15, -0.1) is 10.2 Å². The molecule has 0 fully saturated rings. The van der Waals surface area contributed by atoms with Crippen LogP contribution in [0.2, 0.25) is 0 Å². The summed E-state index contributed by atoms with van der Waals surface area (Å²) in [5.74, 6) is 0.495. The van der Waals surface area contributed by atoms with E-state index in [2.05, 4.69) is 10.2 Å². The first-order valence-electron chi connectivity index (χ1n) is 4.80. The molecule has 6 nitrogen and oxygen atoms in total. The number of aliphatic carboxylic acids is 1. The number of pyridine rings is 1. The van der Waals surface area contributed by atoms with Crippen LogP contribution in [0.4, 0.5) is 0 Å². The number of rotatable bonds is 4. The van der Waals surface area contributed by atoms with Gasteiger partial charge in [-0.2, -0.15) is 0 Å². The van der Waals surface area contributed by atoms with Crippen molar-refractivity contribution in [2.45, 2.75) is 12.8 Å². The molecule has 0 aliphatic heterocycles. The van der Waals surface area contributed by atoms with E-state index in [1.165, 1.54) is 0 Å². The largest absolute Gasteiger partial charge is 0.497 e. The second kappa shape index (κ2) is 4.18. The van der Waals surface area contributed by atoms with Crippen molar-refractivity contribution in [3.05, 3.63) is 24.2 Å². The second-order valence-electron chi connectivity index (χ2n) is 3.30. The molecule has 0 aromatic carbocycles.